The number of aromatic nitrogens is 3. The first-order chi connectivity index (χ1) is 7.59. The summed E-state index contributed by atoms with van der Waals surface area (Å²) in [6.07, 6.45) is 5.04. The van der Waals surface area contributed by atoms with Crippen LogP contribution in [-0.4, -0.2) is 20.4 Å². The maximum absolute atomic E-state index is 11.4. The second kappa shape index (κ2) is 3.77. The van der Waals surface area contributed by atoms with Crippen LogP contribution in [-0.2, 0) is 0 Å². The monoisotopic (exact) mass is 216 g/mol. The molecule has 0 aromatic carbocycles. The lowest BCUT2D eigenvalue weighted by Crippen LogP contribution is -2.17. The van der Waals surface area contributed by atoms with Gasteiger partial charge in [-0.25, -0.2) is 4.98 Å². The van der Waals surface area contributed by atoms with Gasteiger partial charge in [0.05, 0.1) is 23.3 Å². The van der Waals surface area contributed by atoms with Gasteiger partial charge in [-0.2, -0.15) is 0 Å². The molecule has 2 heterocycles. The molecular formula is C11H12N4O. The zero-order chi connectivity index (χ0) is 11.7. The fourth-order valence-electron chi connectivity index (χ4n) is 1.72. The minimum Gasteiger partial charge on any atom is -0.365 e. The van der Waals surface area contributed by atoms with Crippen LogP contribution in [0.3, 0.4) is 0 Å². The maximum Gasteiger partial charge on any atom is 0.252 e. The second-order valence-corrected chi connectivity index (χ2v) is 3.58. The first-order valence-electron chi connectivity index (χ1n) is 4.86. The van der Waals surface area contributed by atoms with E-state index in [1.807, 2.05) is 13.0 Å². The number of carbonyl (C=O) groups excluding carboxylic acids is 1. The molecule has 2 rings (SSSR count). The molecule has 82 valence electrons. The van der Waals surface area contributed by atoms with E-state index < -0.39 is 5.91 Å². The fourth-order valence-corrected chi connectivity index (χ4v) is 1.72. The number of imidazole rings is 1. The Morgan fingerprint density at radius 3 is 2.75 bits per heavy atom. The van der Waals surface area contributed by atoms with E-state index in [9.17, 15) is 4.79 Å². The average molecular weight is 216 g/mol. The Labute approximate surface area is 92.9 Å². The number of pyridine rings is 1. The van der Waals surface area contributed by atoms with Gasteiger partial charge in [0.2, 0.25) is 0 Å². The highest BCUT2D eigenvalue weighted by Crippen LogP contribution is 2.17. The molecule has 0 atom stereocenters. The van der Waals surface area contributed by atoms with Gasteiger partial charge < -0.3 is 10.3 Å². The van der Waals surface area contributed by atoms with E-state index in [0.717, 1.165) is 11.4 Å². The molecule has 0 spiro atoms. The number of rotatable bonds is 2. The summed E-state index contributed by atoms with van der Waals surface area (Å²) in [7, 11) is 0. The predicted octanol–water partition coefficient (Wildman–Crippen LogP) is 0.983. The van der Waals surface area contributed by atoms with Crippen molar-refractivity contribution < 1.29 is 4.79 Å². The van der Waals surface area contributed by atoms with E-state index in [1.54, 1.807) is 30.2 Å². The molecule has 1 amide bonds. The van der Waals surface area contributed by atoms with Crippen LogP contribution in [0.4, 0.5) is 0 Å². The van der Waals surface area contributed by atoms with Crippen LogP contribution in [0.5, 0.6) is 0 Å². The Morgan fingerprint density at radius 1 is 1.44 bits per heavy atom. The van der Waals surface area contributed by atoms with E-state index in [-0.39, 0.29) is 0 Å². The number of hydrogen-bond donors (Lipinski definition) is 1. The maximum atomic E-state index is 11.4. The molecule has 5 heteroatoms. The van der Waals surface area contributed by atoms with Crippen molar-refractivity contribution in [1.29, 1.82) is 0 Å². The van der Waals surface area contributed by atoms with Crippen molar-refractivity contribution in [3.8, 4) is 5.69 Å². The van der Waals surface area contributed by atoms with Crippen LogP contribution >= 0.6 is 0 Å². The van der Waals surface area contributed by atoms with Gasteiger partial charge in [-0.1, -0.05) is 0 Å². The molecule has 16 heavy (non-hydrogen) atoms. The number of carbonyl (C=O) groups is 1. The molecule has 2 N–H and O–H groups in total. The number of aryl methyl sites for hydroxylation is 2. The molecule has 5 nitrogen and oxygen atoms in total. The molecular weight excluding hydrogens is 204 g/mol. The molecule has 0 saturated heterocycles. The van der Waals surface area contributed by atoms with Crippen LogP contribution in [0.25, 0.3) is 5.69 Å². The van der Waals surface area contributed by atoms with Gasteiger partial charge in [0, 0.05) is 18.1 Å². The van der Waals surface area contributed by atoms with Gasteiger partial charge in [-0.05, 0) is 19.9 Å². The molecule has 0 radical (unpaired) electrons. The van der Waals surface area contributed by atoms with Crippen molar-refractivity contribution in [3.63, 3.8) is 0 Å². The molecule has 0 aliphatic heterocycles. The van der Waals surface area contributed by atoms with Gasteiger partial charge in [0.15, 0.2) is 0 Å². The van der Waals surface area contributed by atoms with E-state index in [4.69, 9.17) is 5.73 Å². The first kappa shape index (κ1) is 10.4. The van der Waals surface area contributed by atoms with E-state index in [2.05, 4.69) is 9.97 Å². The summed E-state index contributed by atoms with van der Waals surface area (Å²) < 4.78 is 1.75. The van der Waals surface area contributed by atoms with Gasteiger partial charge >= 0.3 is 0 Å². The molecule has 0 unspecified atom stereocenters. The van der Waals surface area contributed by atoms with Crippen LogP contribution in [0.2, 0.25) is 0 Å². The summed E-state index contributed by atoms with van der Waals surface area (Å²) in [6.45, 7) is 3.64. The number of primary amides is 1. The number of nitrogens with zero attached hydrogens (tertiary/aromatic N) is 3. The molecule has 0 saturated carbocycles. The molecule has 0 fully saturated rings. The van der Waals surface area contributed by atoms with Crippen molar-refractivity contribution in [2.24, 2.45) is 5.73 Å². The Morgan fingerprint density at radius 2 is 2.19 bits per heavy atom. The summed E-state index contributed by atoms with van der Waals surface area (Å²) in [6, 6.07) is 1.81. The van der Waals surface area contributed by atoms with Crippen molar-refractivity contribution in [3.05, 3.63) is 41.7 Å². The number of nitrogens with two attached hydrogens (primary N) is 1. The van der Waals surface area contributed by atoms with Crippen molar-refractivity contribution in [2.75, 3.05) is 0 Å². The minimum atomic E-state index is -0.478. The Kier molecular flexibility index (Phi) is 2.44. The van der Waals surface area contributed by atoms with Gasteiger partial charge in [0.25, 0.3) is 5.91 Å². The molecule has 0 bridgehead atoms. The molecule has 0 aliphatic carbocycles. The lowest BCUT2D eigenvalue weighted by atomic mass is 10.1. The van der Waals surface area contributed by atoms with Gasteiger partial charge in [-0.15, -0.1) is 0 Å². The number of amides is 1. The highest BCUT2D eigenvalue weighted by Gasteiger charge is 2.14. The van der Waals surface area contributed by atoms with Crippen molar-refractivity contribution >= 4 is 5.91 Å². The quantitative estimate of drug-likeness (QED) is 0.813. The molecule has 0 aliphatic rings. The third-order valence-corrected chi connectivity index (χ3v) is 2.34. The minimum absolute atomic E-state index is 0.434. The smallest absolute Gasteiger partial charge is 0.252 e. The Bertz CT molecular complexity index is 531. The van der Waals surface area contributed by atoms with E-state index in [1.165, 1.54) is 0 Å². The lowest BCUT2D eigenvalue weighted by Gasteiger charge is -2.10. The van der Waals surface area contributed by atoms with Gasteiger partial charge in [0.1, 0.15) is 0 Å². The molecule has 2 aromatic rings. The highest BCUT2D eigenvalue weighted by atomic mass is 16.1. The predicted molar refractivity (Wildman–Crippen MR) is 59.4 cm³/mol. The number of hydrogen-bond acceptors (Lipinski definition) is 3. The standard InChI is InChI=1S/C11H12N4O/c1-7-5-9(15-4-3-13-6-15)10(11(12)16)8(2)14-7/h3-6H,1-2H3,(H2,12,16). The van der Waals surface area contributed by atoms with Crippen LogP contribution in [0.1, 0.15) is 21.7 Å². The Hall–Kier alpha value is -2.17. The average Bonchev–Trinajstić information content (AvgIpc) is 2.67. The second-order valence-electron chi connectivity index (χ2n) is 3.58. The van der Waals surface area contributed by atoms with Gasteiger partial charge in [-0.3, -0.25) is 9.78 Å². The lowest BCUT2D eigenvalue weighted by molar-refractivity contribution is 0.0999. The summed E-state index contributed by atoms with van der Waals surface area (Å²) in [5, 5.41) is 0. The summed E-state index contributed by atoms with van der Waals surface area (Å²) in [5.74, 6) is -0.478. The summed E-state index contributed by atoms with van der Waals surface area (Å²) in [4.78, 5) is 19.6. The first-order valence-corrected chi connectivity index (χ1v) is 4.86. The van der Waals surface area contributed by atoms with E-state index in [0.29, 0.717) is 11.3 Å². The van der Waals surface area contributed by atoms with Crippen LogP contribution < -0.4 is 5.73 Å². The zero-order valence-electron chi connectivity index (χ0n) is 9.14. The Balaban J connectivity index is 2.72. The summed E-state index contributed by atoms with van der Waals surface area (Å²) in [5.41, 5.74) is 7.98. The highest BCUT2D eigenvalue weighted by molar-refractivity contribution is 5.97. The summed E-state index contributed by atoms with van der Waals surface area (Å²) >= 11 is 0. The van der Waals surface area contributed by atoms with Crippen LogP contribution in [0.15, 0.2) is 24.8 Å². The van der Waals surface area contributed by atoms with Crippen molar-refractivity contribution in [2.45, 2.75) is 13.8 Å². The van der Waals surface area contributed by atoms with Crippen molar-refractivity contribution in [1.82, 2.24) is 14.5 Å². The third kappa shape index (κ3) is 1.67. The molecule has 2 aromatic heterocycles. The zero-order valence-corrected chi connectivity index (χ0v) is 9.14. The SMILES string of the molecule is Cc1cc(-n2ccnc2)c(C(N)=O)c(C)n1. The fraction of sp³-hybridized carbons (Fsp3) is 0.182. The topological polar surface area (TPSA) is 73.8 Å². The normalized spacial score (nSPS) is 10.4. The largest absolute Gasteiger partial charge is 0.365 e. The third-order valence-electron chi connectivity index (χ3n) is 2.34. The van der Waals surface area contributed by atoms with E-state index >= 15 is 0 Å². The van der Waals surface area contributed by atoms with Crippen LogP contribution in [0, 0.1) is 13.8 Å².